The summed E-state index contributed by atoms with van der Waals surface area (Å²) in [6, 6.07) is 6.15. The maximum atomic E-state index is 15.3. The summed E-state index contributed by atoms with van der Waals surface area (Å²) >= 11 is 0. The number of piperazine rings is 1. The maximum Gasteiger partial charge on any atom is 0.227 e. The van der Waals surface area contributed by atoms with E-state index in [0.29, 0.717) is 23.4 Å². The van der Waals surface area contributed by atoms with Gasteiger partial charge in [0, 0.05) is 88.1 Å². The van der Waals surface area contributed by atoms with Gasteiger partial charge in [-0.05, 0) is 71.5 Å². The van der Waals surface area contributed by atoms with E-state index in [-0.39, 0.29) is 11.9 Å². The van der Waals surface area contributed by atoms with Crippen LogP contribution in [0.1, 0.15) is 38.3 Å². The molecule has 0 aliphatic carbocycles. The molecule has 2 saturated heterocycles. The Morgan fingerprint density at radius 1 is 1.07 bits per heavy atom. The van der Waals surface area contributed by atoms with Gasteiger partial charge in [-0.1, -0.05) is 0 Å². The van der Waals surface area contributed by atoms with Gasteiger partial charge < -0.3 is 20.0 Å². The van der Waals surface area contributed by atoms with Crippen molar-refractivity contribution >= 4 is 17.3 Å². The molecular formula is C30H44FN9. The molecule has 0 unspecified atom stereocenters. The second-order valence-corrected chi connectivity index (χ2v) is 11.7. The number of nitrogens with zero attached hydrogens (tertiary/aromatic N) is 8. The molecule has 0 bridgehead atoms. The van der Waals surface area contributed by atoms with Crippen LogP contribution in [-0.2, 0) is 0 Å². The van der Waals surface area contributed by atoms with Crippen LogP contribution in [-0.4, -0.2) is 107 Å². The summed E-state index contributed by atoms with van der Waals surface area (Å²) in [7, 11) is 4.44. The quantitative estimate of drug-likeness (QED) is 0.425. The van der Waals surface area contributed by atoms with Crippen LogP contribution in [0.5, 0.6) is 0 Å². The molecule has 5 rings (SSSR count). The van der Waals surface area contributed by atoms with E-state index in [9.17, 15) is 0 Å². The average Bonchev–Trinajstić information content (AvgIpc) is 3.45. The van der Waals surface area contributed by atoms with Crippen molar-refractivity contribution in [2.24, 2.45) is 0 Å². The molecule has 2 aromatic heterocycles. The molecule has 0 amide bonds. The monoisotopic (exact) mass is 549 g/mol. The molecule has 4 heterocycles. The van der Waals surface area contributed by atoms with Crippen LogP contribution in [0.3, 0.4) is 0 Å². The van der Waals surface area contributed by atoms with Crippen molar-refractivity contribution in [2.75, 3.05) is 76.7 Å². The van der Waals surface area contributed by atoms with Crippen LogP contribution in [0, 0.1) is 12.7 Å². The van der Waals surface area contributed by atoms with Crippen LogP contribution in [0.2, 0.25) is 0 Å². The van der Waals surface area contributed by atoms with Crippen molar-refractivity contribution in [3.05, 3.63) is 48.2 Å². The summed E-state index contributed by atoms with van der Waals surface area (Å²) in [5.74, 6) is 0.211. The van der Waals surface area contributed by atoms with E-state index in [1.54, 1.807) is 12.3 Å². The molecule has 9 nitrogen and oxygen atoms in total. The fourth-order valence-electron chi connectivity index (χ4n) is 5.61. The third-order valence-corrected chi connectivity index (χ3v) is 8.37. The molecule has 1 N–H and O–H groups in total. The molecule has 3 aromatic rings. The van der Waals surface area contributed by atoms with Crippen molar-refractivity contribution < 1.29 is 4.39 Å². The first-order valence-electron chi connectivity index (χ1n) is 14.6. The second kappa shape index (κ2) is 12.6. The predicted octanol–water partition coefficient (Wildman–Crippen LogP) is 4.26. The molecule has 2 fully saturated rings. The third kappa shape index (κ3) is 6.79. The molecule has 0 saturated carbocycles. The molecule has 2 aliphatic rings. The van der Waals surface area contributed by atoms with Gasteiger partial charge in [0.1, 0.15) is 5.82 Å². The molecule has 0 radical (unpaired) electrons. The lowest BCUT2D eigenvalue weighted by molar-refractivity contribution is 0.125. The highest BCUT2D eigenvalue weighted by Gasteiger charge is 2.25. The van der Waals surface area contributed by atoms with Crippen LogP contribution in [0.25, 0.3) is 11.3 Å². The Hall–Kier alpha value is -3.08. The number of likely N-dealkylation sites (N-methyl/N-ethyl adjacent to an activating group) is 2. The number of anilines is 3. The Kier molecular flexibility index (Phi) is 8.97. The number of hydrogen-bond donors (Lipinski definition) is 1. The van der Waals surface area contributed by atoms with Crippen molar-refractivity contribution in [1.82, 2.24) is 34.4 Å². The van der Waals surface area contributed by atoms with Crippen molar-refractivity contribution in [2.45, 2.75) is 45.7 Å². The molecule has 40 heavy (non-hydrogen) atoms. The van der Waals surface area contributed by atoms with Gasteiger partial charge in [-0.3, -0.25) is 9.58 Å². The largest absolute Gasteiger partial charge is 0.369 e. The van der Waals surface area contributed by atoms with Crippen molar-refractivity contribution in [3.63, 3.8) is 0 Å². The third-order valence-electron chi connectivity index (χ3n) is 8.37. The number of piperidine rings is 1. The zero-order valence-corrected chi connectivity index (χ0v) is 24.6. The van der Waals surface area contributed by atoms with Gasteiger partial charge in [0.15, 0.2) is 0 Å². The minimum absolute atomic E-state index is 0.225. The summed E-state index contributed by atoms with van der Waals surface area (Å²) in [6.07, 6.45) is 7.70. The fraction of sp³-hybridized carbons (Fsp3) is 0.567. The van der Waals surface area contributed by atoms with Gasteiger partial charge in [0.2, 0.25) is 5.95 Å². The Bertz CT molecular complexity index is 1260. The van der Waals surface area contributed by atoms with Gasteiger partial charge in [-0.25, -0.2) is 14.4 Å². The van der Waals surface area contributed by atoms with Gasteiger partial charge in [-0.2, -0.15) is 5.10 Å². The standard InChI is InChI=1S/C30H44FN9/c1-22(2)40-21-24(20-33-40)29-23(3)19-32-30(35-29)34-25-6-7-28(27(31)18-25)39-10-8-26(9-11-39)37(5)14-17-38-15-12-36(4)13-16-38/h6-7,18-22,26H,8-17H2,1-5H3,(H,32,34,35). The number of nitrogens with one attached hydrogen (secondary N) is 1. The topological polar surface area (TPSA) is 68.6 Å². The summed E-state index contributed by atoms with van der Waals surface area (Å²) in [4.78, 5) is 18.8. The summed E-state index contributed by atoms with van der Waals surface area (Å²) in [5.41, 5.74) is 4.01. The number of hydrogen-bond acceptors (Lipinski definition) is 8. The normalized spacial score (nSPS) is 17.8. The van der Waals surface area contributed by atoms with Gasteiger partial charge in [0.05, 0.1) is 17.6 Å². The number of halogens is 1. The second-order valence-electron chi connectivity index (χ2n) is 11.7. The zero-order valence-electron chi connectivity index (χ0n) is 24.6. The highest BCUT2D eigenvalue weighted by atomic mass is 19.1. The lowest BCUT2D eigenvalue weighted by atomic mass is 10.0. The minimum Gasteiger partial charge on any atom is -0.369 e. The van der Waals surface area contributed by atoms with E-state index in [1.807, 2.05) is 36.1 Å². The van der Waals surface area contributed by atoms with E-state index in [1.165, 1.54) is 0 Å². The number of aryl methyl sites for hydroxylation is 1. The Labute approximate surface area is 238 Å². The SMILES string of the molecule is Cc1cnc(Nc2ccc(N3CCC(N(C)CCN4CCN(C)CC4)CC3)c(F)c2)nc1-c1cnn(C(C)C)c1. The average molecular weight is 550 g/mol. The van der Waals surface area contributed by atoms with Crippen LogP contribution < -0.4 is 10.2 Å². The lowest BCUT2D eigenvalue weighted by Gasteiger charge is -2.39. The highest BCUT2D eigenvalue weighted by Crippen LogP contribution is 2.29. The summed E-state index contributed by atoms with van der Waals surface area (Å²) < 4.78 is 17.2. The van der Waals surface area contributed by atoms with E-state index < -0.39 is 0 Å². The number of rotatable bonds is 9. The summed E-state index contributed by atoms with van der Waals surface area (Å²) in [5, 5.41) is 7.62. The van der Waals surface area contributed by atoms with Crippen molar-refractivity contribution in [1.29, 1.82) is 0 Å². The zero-order chi connectivity index (χ0) is 28.2. The van der Waals surface area contributed by atoms with Gasteiger partial charge >= 0.3 is 0 Å². The number of benzene rings is 1. The first-order valence-corrected chi connectivity index (χ1v) is 14.6. The Morgan fingerprint density at radius 3 is 2.50 bits per heavy atom. The van der Waals surface area contributed by atoms with Gasteiger partial charge in [-0.15, -0.1) is 0 Å². The van der Waals surface area contributed by atoms with E-state index in [4.69, 9.17) is 4.98 Å². The van der Waals surface area contributed by atoms with Crippen LogP contribution in [0.15, 0.2) is 36.8 Å². The predicted molar refractivity (Wildman–Crippen MR) is 160 cm³/mol. The first-order chi connectivity index (χ1) is 19.3. The highest BCUT2D eigenvalue weighted by molar-refractivity contribution is 5.65. The first kappa shape index (κ1) is 28.4. The molecule has 0 spiro atoms. The smallest absolute Gasteiger partial charge is 0.227 e. The number of aromatic nitrogens is 4. The van der Waals surface area contributed by atoms with E-state index >= 15 is 4.39 Å². The van der Waals surface area contributed by atoms with E-state index in [2.05, 4.69) is 62.9 Å². The Balaban J connectivity index is 1.16. The van der Waals surface area contributed by atoms with Gasteiger partial charge in [0.25, 0.3) is 0 Å². The minimum atomic E-state index is -0.225. The molecule has 1 aromatic carbocycles. The molecule has 10 heteroatoms. The van der Waals surface area contributed by atoms with E-state index in [0.717, 1.165) is 82.0 Å². The Morgan fingerprint density at radius 2 is 1.82 bits per heavy atom. The van der Waals surface area contributed by atoms with Crippen LogP contribution >= 0.6 is 0 Å². The maximum absolute atomic E-state index is 15.3. The molecule has 0 atom stereocenters. The molecule has 216 valence electrons. The van der Waals surface area contributed by atoms with Crippen molar-refractivity contribution in [3.8, 4) is 11.3 Å². The molecular weight excluding hydrogens is 505 g/mol. The summed E-state index contributed by atoms with van der Waals surface area (Å²) in [6.45, 7) is 14.7. The molecule has 2 aliphatic heterocycles. The lowest BCUT2D eigenvalue weighted by Crippen LogP contribution is -2.49. The van der Waals surface area contributed by atoms with Crippen LogP contribution in [0.4, 0.5) is 21.7 Å². The fourth-order valence-corrected chi connectivity index (χ4v) is 5.61.